The number of benzene rings is 1. The van der Waals surface area contributed by atoms with E-state index in [1.165, 1.54) is 35.5 Å². The van der Waals surface area contributed by atoms with Crippen molar-refractivity contribution < 1.29 is 13.5 Å². The standard InChI is InChI=1S/C15H16F2N2OS/c16-15(17)20-10-7-5-9(6-8-10)13(18)14-19-11-3-1-2-4-12(11)21-14/h5-8,13,15H,1-4,18H2. The van der Waals surface area contributed by atoms with Crippen LogP contribution in [-0.4, -0.2) is 11.6 Å². The average Bonchev–Trinajstić information content (AvgIpc) is 2.90. The number of hydrogen-bond donors (Lipinski definition) is 1. The molecule has 6 heteroatoms. The van der Waals surface area contributed by atoms with Crippen LogP contribution in [0.25, 0.3) is 0 Å². The highest BCUT2D eigenvalue weighted by Gasteiger charge is 2.19. The molecule has 21 heavy (non-hydrogen) atoms. The van der Waals surface area contributed by atoms with Crippen LogP contribution in [0, 0.1) is 0 Å². The van der Waals surface area contributed by atoms with Gasteiger partial charge in [-0.3, -0.25) is 0 Å². The summed E-state index contributed by atoms with van der Waals surface area (Å²) in [6.45, 7) is -2.81. The van der Waals surface area contributed by atoms with Gasteiger partial charge in [-0.1, -0.05) is 12.1 Å². The highest BCUT2D eigenvalue weighted by molar-refractivity contribution is 7.11. The molecule has 0 aliphatic heterocycles. The van der Waals surface area contributed by atoms with E-state index in [0.717, 1.165) is 23.4 Å². The Morgan fingerprint density at radius 2 is 1.86 bits per heavy atom. The van der Waals surface area contributed by atoms with Gasteiger partial charge in [0.25, 0.3) is 0 Å². The van der Waals surface area contributed by atoms with Crippen molar-refractivity contribution in [2.75, 3.05) is 0 Å². The number of alkyl halides is 2. The van der Waals surface area contributed by atoms with Crippen molar-refractivity contribution in [1.29, 1.82) is 0 Å². The van der Waals surface area contributed by atoms with Crippen molar-refractivity contribution in [2.45, 2.75) is 38.3 Å². The summed E-state index contributed by atoms with van der Waals surface area (Å²) in [5, 5.41) is 0.893. The third-order valence-electron chi connectivity index (χ3n) is 3.59. The molecule has 0 amide bonds. The third kappa shape index (κ3) is 3.22. The number of ether oxygens (including phenoxy) is 1. The number of nitrogens with two attached hydrogens (primary N) is 1. The Hall–Kier alpha value is -1.53. The van der Waals surface area contributed by atoms with E-state index in [1.807, 2.05) is 0 Å². The number of fused-ring (bicyclic) bond motifs is 1. The lowest BCUT2D eigenvalue weighted by atomic mass is 10.0. The Labute approximate surface area is 125 Å². The van der Waals surface area contributed by atoms with Gasteiger partial charge in [0, 0.05) is 4.88 Å². The molecule has 1 aromatic heterocycles. The second-order valence-corrected chi connectivity index (χ2v) is 6.17. The van der Waals surface area contributed by atoms with Crippen LogP contribution in [0.5, 0.6) is 5.75 Å². The minimum atomic E-state index is -2.81. The molecule has 1 aliphatic rings. The molecule has 1 aromatic carbocycles. The van der Waals surface area contributed by atoms with E-state index in [9.17, 15) is 8.78 Å². The fourth-order valence-electron chi connectivity index (χ4n) is 2.50. The van der Waals surface area contributed by atoms with Crippen molar-refractivity contribution in [3.63, 3.8) is 0 Å². The minimum absolute atomic E-state index is 0.138. The maximum atomic E-state index is 12.1. The van der Waals surface area contributed by atoms with Gasteiger partial charge in [0.15, 0.2) is 0 Å². The van der Waals surface area contributed by atoms with Crippen molar-refractivity contribution in [3.8, 4) is 5.75 Å². The zero-order valence-electron chi connectivity index (χ0n) is 11.4. The molecule has 1 unspecified atom stereocenters. The number of aromatic nitrogens is 1. The van der Waals surface area contributed by atoms with Crippen LogP contribution in [0.15, 0.2) is 24.3 Å². The fourth-order valence-corrected chi connectivity index (χ4v) is 3.69. The Morgan fingerprint density at radius 3 is 2.52 bits per heavy atom. The van der Waals surface area contributed by atoms with E-state index >= 15 is 0 Å². The first-order valence-corrected chi connectivity index (χ1v) is 7.74. The summed E-state index contributed by atoms with van der Waals surface area (Å²) >= 11 is 1.67. The maximum Gasteiger partial charge on any atom is 0.387 e. The van der Waals surface area contributed by atoms with Gasteiger partial charge in [0.1, 0.15) is 10.8 Å². The monoisotopic (exact) mass is 310 g/mol. The smallest absolute Gasteiger partial charge is 0.387 e. The highest BCUT2D eigenvalue weighted by Crippen LogP contribution is 2.32. The lowest BCUT2D eigenvalue weighted by Gasteiger charge is -2.10. The second-order valence-electron chi connectivity index (χ2n) is 5.05. The van der Waals surface area contributed by atoms with Crippen molar-refractivity contribution >= 4 is 11.3 Å². The zero-order valence-corrected chi connectivity index (χ0v) is 12.2. The topological polar surface area (TPSA) is 48.1 Å². The number of rotatable bonds is 4. The molecular weight excluding hydrogens is 294 g/mol. The fraction of sp³-hybridized carbons (Fsp3) is 0.400. The molecule has 2 aromatic rings. The Bertz CT molecular complexity index is 589. The molecule has 112 valence electrons. The first-order chi connectivity index (χ1) is 10.1. The summed E-state index contributed by atoms with van der Waals surface area (Å²) in [6.07, 6.45) is 4.51. The van der Waals surface area contributed by atoms with Gasteiger partial charge in [-0.05, 0) is 43.4 Å². The molecule has 0 spiro atoms. The normalized spacial score (nSPS) is 15.8. The SMILES string of the molecule is NC(c1ccc(OC(F)F)cc1)c1nc2c(s1)CCCC2. The second kappa shape index (κ2) is 6.07. The van der Waals surface area contributed by atoms with Gasteiger partial charge in [0.05, 0.1) is 11.7 Å². The van der Waals surface area contributed by atoms with Gasteiger partial charge in [-0.2, -0.15) is 8.78 Å². The number of nitrogens with zero attached hydrogens (tertiary/aromatic N) is 1. The molecule has 0 radical (unpaired) electrons. The van der Waals surface area contributed by atoms with Gasteiger partial charge in [0.2, 0.25) is 0 Å². The van der Waals surface area contributed by atoms with Crippen LogP contribution in [0.2, 0.25) is 0 Å². The van der Waals surface area contributed by atoms with Crippen LogP contribution in [0.1, 0.15) is 40.0 Å². The molecule has 1 atom stereocenters. The van der Waals surface area contributed by atoms with Crippen LogP contribution in [0.3, 0.4) is 0 Å². The Kier molecular flexibility index (Phi) is 4.17. The van der Waals surface area contributed by atoms with Gasteiger partial charge in [-0.15, -0.1) is 11.3 Å². The molecule has 3 rings (SSSR count). The van der Waals surface area contributed by atoms with Gasteiger partial charge < -0.3 is 10.5 Å². The number of halogens is 2. The lowest BCUT2D eigenvalue weighted by molar-refractivity contribution is -0.0498. The molecule has 1 aliphatic carbocycles. The Morgan fingerprint density at radius 1 is 1.14 bits per heavy atom. The molecule has 0 fully saturated rings. The van der Waals surface area contributed by atoms with Crippen LogP contribution in [0.4, 0.5) is 8.78 Å². The molecule has 1 heterocycles. The summed E-state index contributed by atoms with van der Waals surface area (Å²) in [5.41, 5.74) is 8.26. The van der Waals surface area contributed by atoms with Crippen molar-refractivity contribution in [1.82, 2.24) is 4.98 Å². The largest absolute Gasteiger partial charge is 0.435 e. The number of hydrogen-bond acceptors (Lipinski definition) is 4. The summed E-state index contributed by atoms with van der Waals surface area (Å²) in [5.74, 6) is 0.138. The summed E-state index contributed by atoms with van der Waals surface area (Å²) in [7, 11) is 0. The summed E-state index contributed by atoms with van der Waals surface area (Å²) in [6, 6.07) is 6.12. The minimum Gasteiger partial charge on any atom is -0.435 e. The predicted octanol–water partition coefficient (Wildman–Crippen LogP) is 3.67. The van der Waals surface area contributed by atoms with Gasteiger partial charge >= 0.3 is 6.61 Å². The first-order valence-electron chi connectivity index (χ1n) is 6.92. The number of thiazole rings is 1. The number of aryl methyl sites for hydroxylation is 2. The van der Waals surface area contributed by atoms with E-state index in [0.29, 0.717) is 0 Å². The molecule has 0 bridgehead atoms. The van der Waals surface area contributed by atoms with E-state index in [2.05, 4.69) is 9.72 Å². The predicted molar refractivity (Wildman–Crippen MR) is 77.9 cm³/mol. The van der Waals surface area contributed by atoms with E-state index in [4.69, 9.17) is 5.73 Å². The Balaban J connectivity index is 1.78. The van der Waals surface area contributed by atoms with E-state index in [-0.39, 0.29) is 11.8 Å². The molecule has 0 saturated heterocycles. The molecular formula is C15H16F2N2OS. The summed E-state index contributed by atoms with van der Waals surface area (Å²) in [4.78, 5) is 5.98. The zero-order chi connectivity index (χ0) is 14.8. The van der Waals surface area contributed by atoms with Crippen LogP contribution in [-0.2, 0) is 12.8 Å². The average molecular weight is 310 g/mol. The van der Waals surface area contributed by atoms with Gasteiger partial charge in [-0.25, -0.2) is 4.98 Å². The van der Waals surface area contributed by atoms with E-state index in [1.54, 1.807) is 23.5 Å². The first kappa shape index (κ1) is 14.4. The highest BCUT2D eigenvalue weighted by atomic mass is 32.1. The van der Waals surface area contributed by atoms with Crippen molar-refractivity contribution in [2.24, 2.45) is 5.73 Å². The third-order valence-corrected chi connectivity index (χ3v) is 4.83. The van der Waals surface area contributed by atoms with Crippen LogP contribution < -0.4 is 10.5 Å². The molecule has 0 saturated carbocycles. The molecule has 2 N–H and O–H groups in total. The maximum absolute atomic E-state index is 12.1. The summed E-state index contributed by atoms with van der Waals surface area (Å²) < 4.78 is 28.6. The quantitative estimate of drug-likeness (QED) is 0.937. The molecule has 3 nitrogen and oxygen atoms in total. The van der Waals surface area contributed by atoms with E-state index < -0.39 is 6.61 Å². The van der Waals surface area contributed by atoms with Crippen LogP contribution >= 0.6 is 11.3 Å². The lowest BCUT2D eigenvalue weighted by Crippen LogP contribution is -2.12. The van der Waals surface area contributed by atoms with Crippen molar-refractivity contribution in [3.05, 3.63) is 45.4 Å².